The minimum absolute atomic E-state index is 0.701. The van der Waals surface area contributed by atoms with Gasteiger partial charge in [0.15, 0.2) is 0 Å². The lowest BCUT2D eigenvalue weighted by Gasteiger charge is -2.10. The van der Waals surface area contributed by atoms with E-state index < -0.39 is 12.2 Å². The number of benzene rings is 1. The number of nitrogens with two attached hydrogens (primary N) is 1. The van der Waals surface area contributed by atoms with Crippen LogP contribution in [0.3, 0.4) is 0 Å². The Kier molecular flexibility index (Phi) is 3.30. The summed E-state index contributed by atoms with van der Waals surface area (Å²) in [4.78, 5) is 0. The van der Waals surface area contributed by atoms with Gasteiger partial charge in [-0.1, -0.05) is 42.5 Å². The zero-order valence-corrected chi connectivity index (χ0v) is 7.33. The Labute approximate surface area is 80.0 Å². The van der Waals surface area contributed by atoms with Gasteiger partial charge in [0.05, 0.1) is 0 Å². The minimum atomic E-state index is -4.37. The largest absolute Gasteiger partial charge is 0.407 e. The molecule has 0 bridgehead atoms. The Morgan fingerprint density at radius 2 is 1.71 bits per heavy atom. The summed E-state index contributed by atoms with van der Waals surface area (Å²) in [5.74, 6) is 0. The zero-order chi connectivity index (χ0) is 10.6. The van der Waals surface area contributed by atoms with Gasteiger partial charge in [0.2, 0.25) is 0 Å². The molecule has 0 fully saturated rings. The average Bonchev–Trinajstić information content (AvgIpc) is 2.14. The molecule has 1 nitrogen and oxygen atoms in total. The molecular formula is C10H10F3N. The van der Waals surface area contributed by atoms with Crippen molar-refractivity contribution < 1.29 is 13.2 Å². The van der Waals surface area contributed by atoms with Crippen molar-refractivity contribution in [3.05, 3.63) is 42.0 Å². The molecule has 0 aliphatic rings. The van der Waals surface area contributed by atoms with Gasteiger partial charge in [0.25, 0.3) is 0 Å². The van der Waals surface area contributed by atoms with E-state index in [1.54, 1.807) is 30.3 Å². The highest BCUT2D eigenvalue weighted by Gasteiger charge is 2.34. The zero-order valence-electron chi connectivity index (χ0n) is 7.33. The van der Waals surface area contributed by atoms with Gasteiger partial charge in [-0.2, -0.15) is 13.2 Å². The molecule has 0 aromatic heterocycles. The second-order valence-corrected chi connectivity index (χ2v) is 2.84. The maximum absolute atomic E-state index is 12.0. The van der Waals surface area contributed by atoms with Gasteiger partial charge in [-0.25, -0.2) is 0 Å². The number of hydrogen-bond donors (Lipinski definition) is 1. The molecule has 0 heterocycles. The van der Waals surface area contributed by atoms with Crippen molar-refractivity contribution in [2.75, 3.05) is 0 Å². The Morgan fingerprint density at radius 1 is 1.14 bits per heavy atom. The molecule has 0 spiro atoms. The molecular weight excluding hydrogens is 191 g/mol. The number of rotatable bonds is 2. The van der Waals surface area contributed by atoms with Crippen LogP contribution >= 0.6 is 0 Å². The first-order chi connectivity index (χ1) is 6.50. The SMILES string of the molecule is NC(/C=C/c1ccccc1)C(F)(F)F. The Morgan fingerprint density at radius 3 is 2.21 bits per heavy atom. The van der Waals surface area contributed by atoms with E-state index in [-0.39, 0.29) is 0 Å². The van der Waals surface area contributed by atoms with Crippen LogP contribution in [0.25, 0.3) is 6.08 Å². The van der Waals surface area contributed by atoms with E-state index >= 15 is 0 Å². The molecule has 0 amide bonds. The lowest BCUT2D eigenvalue weighted by atomic mass is 10.2. The predicted molar refractivity (Wildman–Crippen MR) is 49.5 cm³/mol. The van der Waals surface area contributed by atoms with E-state index in [1.165, 1.54) is 6.08 Å². The second kappa shape index (κ2) is 4.28. The Hall–Kier alpha value is -1.29. The Balaban J connectivity index is 2.66. The molecule has 0 radical (unpaired) electrons. The molecule has 0 aliphatic heterocycles. The van der Waals surface area contributed by atoms with Crippen molar-refractivity contribution in [2.24, 2.45) is 5.73 Å². The molecule has 2 N–H and O–H groups in total. The smallest absolute Gasteiger partial charge is 0.317 e. The quantitative estimate of drug-likeness (QED) is 0.781. The van der Waals surface area contributed by atoms with E-state index in [2.05, 4.69) is 0 Å². The van der Waals surface area contributed by atoms with Crippen LogP contribution < -0.4 is 5.73 Å². The first-order valence-electron chi connectivity index (χ1n) is 4.05. The fourth-order valence-electron chi connectivity index (χ4n) is 0.888. The molecule has 1 rings (SSSR count). The average molecular weight is 201 g/mol. The van der Waals surface area contributed by atoms with Crippen molar-refractivity contribution in [1.29, 1.82) is 0 Å². The number of halogens is 3. The van der Waals surface area contributed by atoms with Crippen molar-refractivity contribution in [3.63, 3.8) is 0 Å². The van der Waals surface area contributed by atoms with Gasteiger partial charge in [-0.15, -0.1) is 0 Å². The third kappa shape index (κ3) is 3.22. The highest BCUT2D eigenvalue weighted by atomic mass is 19.4. The van der Waals surface area contributed by atoms with E-state index in [0.717, 1.165) is 6.08 Å². The standard InChI is InChI=1S/C10H10F3N/c11-10(12,13)9(14)7-6-8-4-2-1-3-5-8/h1-7,9H,14H2/b7-6+. The van der Waals surface area contributed by atoms with Crippen LogP contribution in [0.1, 0.15) is 5.56 Å². The fraction of sp³-hybridized carbons (Fsp3) is 0.200. The Bertz CT molecular complexity index is 303. The molecule has 0 saturated carbocycles. The number of hydrogen-bond acceptors (Lipinski definition) is 1. The summed E-state index contributed by atoms with van der Waals surface area (Å²) in [5, 5.41) is 0. The molecule has 1 unspecified atom stereocenters. The van der Waals surface area contributed by atoms with Gasteiger partial charge in [0, 0.05) is 0 Å². The van der Waals surface area contributed by atoms with Gasteiger partial charge < -0.3 is 5.73 Å². The first kappa shape index (κ1) is 10.8. The summed E-state index contributed by atoms with van der Waals surface area (Å²) in [6.07, 6.45) is -2.07. The van der Waals surface area contributed by atoms with Crippen LogP contribution in [0.5, 0.6) is 0 Å². The normalized spacial score (nSPS) is 14.6. The van der Waals surface area contributed by atoms with Crippen molar-refractivity contribution in [1.82, 2.24) is 0 Å². The van der Waals surface area contributed by atoms with Crippen molar-refractivity contribution in [3.8, 4) is 0 Å². The molecule has 1 atom stereocenters. The summed E-state index contributed by atoms with van der Waals surface area (Å²) in [7, 11) is 0. The van der Waals surface area contributed by atoms with Crippen LogP contribution in [0.15, 0.2) is 36.4 Å². The summed E-state index contributed by atoms with van der Waals surface area (Å²) in [5.41, 5.74) is 5.59. The van der Waals surface area contributed by atoms with Crippen LogP contribution in [0.4, 0.5) is 13.2 Å². The maximum Gasteiger partial charge on any atom is 0.407 e. The molecule has 14 heavy (non-hydrogen) atoms. The number of alkyl halides is 3. The van der Waals surface area contributed by atoms with Crippen LogP contribution in [-0.2, 0) is 0 Å². The van der Waals surface area contributed by atoms with Crippen LogP contribution in [-0.4, -0.2) is 12.2 Å². The van der Waals surface area contributed by atoms with Crippen LogP contribution in [0, 0.1) is 0 Å². The minimum Gasteiger partial charge on any atom is -0.317 e. The summed E-state index contributed by atoms with van der Waals surface area (Å²) >= 11 is 0. The lowest BCUT2D eigenvalue weighted by molar-refractivity contribution is -0.136. The highest BCUT2D eigenvalue weighted by molar-refractivity contribution is 5.49. The van der Waals surface area contributed by atoms with Gasteiger partial charge in [-0.05, 0) is 5.56 Å². The van der Waals surface area contributed by atoms with E-state index in [9.17, 15) is 13.2 Å². The molecule has 4 heteroatoms. The summed E-state index contributed by atoms with van der Waals surface area (Å²) < 4.78 is 35.9. The van der Waals surface area contributed by atoms with Gasteiger partial charge >= 0.3 is 6.18 Å². The summed E-state index contributed by atoms with van der Waals surface area (Å²) in [6, 6.07) is 6.81. The van der Waals surface area contributed by atoms with Crippen molar-refractivity contribution in [2.45, 2.75) is 12.2 Å². The highest BCUT2D eigenvalue weighted by Crippen LogP contribution is 2.19. The van der Waals surface area contributed by atoms with Crippen molar-refractivity contribution >= 4 is 6.08 Å². The van der Waals surface area contributed by atoms with Crippen LogP contribution in [0.2, 0.25) is 0 Å². The molecule has 0 saturated heterocycles. The van der Waals surface area contributed by atoms with Gasteiger partial charge in [-0.3, -0.25) is 0 Å². The fourth-order valence-corrected chi connectivity index (χ4v) is 0.888. The van der Waals surface area contributed by atoms with Gasteiger partial charge in [0.1, 0.15) is 6.04 Å². The molecule has 1 aromatic rings. The molecule has 1 aromatic carbocycles. The first-order valence-corrected chi connectivity index (χ1v) is 4.05. The second-order valence-electron chi connectivity index (χ2n) is 2.84. The third-order valence-corrected chi connectivity index (χ3v) is 1.67. The predicted octanol–water partition coefficient (Wildman–Crippen LogP) is 2.59. The summed E-state index contributed by atoms with van der Waals surface area (Å²) in [6.45, 7) is 0. The monoisotopic (exact) mass is 201 g/mol. The molecule has 76 valence electrons. The topological polar surface area (TPSA) is 26.0 Å². The third-order valence-electron chi connectivity index (χ3n) is 1.67. The van der Waals surface area contributed by atoms with E-state index in [4.69, 9.17) is 5.73 Å². The maximum atomic E-state index is 12.0. The van der Waals surface area contributed by atoms with E-state index in [1.807, 2.05) is 0 Å². The van der Waals surface area contributed by atoms with E-state index in [0.29, 0.717) is 5.56 Å². The lowest BCUT2D eigenvalue weighted by Crippen LogP contribution is -2.35. The molecule has 0 aliphatic carbocycles.